The number of nitrogens with zero attached hydrogens (tertiary/aromatic N) is 2. The molecule has 8 amide bonds. The molecule has 0 saturated carbocycles. The van der Waals surface area contributed by atoms with Crippen LogP contribution in [0.1, 0.15) is 51.8 Å². The number of guanidine groups is 1. The number of imidazole rings is 1. The molecule has 28 heteroatoms. The number of aliphatic hydroxyl groups excluding tert-OH is 3. The number of carbonyl (C=O) groups excluding carboxylic acids is 8. The molecule has 1 aromatic heterocycles. The standard InChI is InChI=1S/C41H64N14O14/c1-19(2)32(55-38(66)31(42)21(4)58)39(67)51-25(6-5-11-46-41(43)44)35(63)49-20(3)33(61)53-28(16-56)34(62)47-15-30(60)50-26(13-23-14-45-18-48-23)36(64)54-29(17-57)37(65)52-27(40(68)69)12-22-7-9-24(59)10-8-22/h7-10,14,18-21,25-29,31-32,56-59H,5-6,11-13,15-17,42H2,1-4H3,(H,45,48)(H,47,62)(H,49,63)(H,50,60)(H,51,67)(H,52,65)(H,53,61)(H,54,64)(H,55,66)(H,68,69)(H4,43,44,46)/t20-,21+,25-,26-,27-,28-,29-,31-,32-/m0/s1. The number of hydrogen-bond acceptors (Lipinski definition) is 16. The zero-order valence-electron chi connectivity index (χ0n) is 38.4. The molecule has 20 N–H and O–H groups in total. The van der Waals surface area contributed by atoms with Crippen LogP contribution >= 0.6 is 0 Å². The number of amides is 8. The quantitative estimate of drug-likeness (QED) is 0.0205. The average molecular weight is 977 g/mol. The van der Waals surface area contributed by atoms with E-state index in [1.807, 2.05) is 0 Å². The van der Waals surface area contributed by atoms with E-state index in [0.717, 1.165) is 0 Å². The van der Waals surface area contributed by atoms with Gasteiger partial charge in [-0.25, -0.2) is 9.78 Å². The van der Waals surface area contributed by atoms with Crippen molar-refractivity contribution >= 4 is 59.2 Å². The molecule has 0 fully saturated rings. The third kappa shape index (κ3) is 20.1. The lowest BCUT2D eigenvalue weighted by Crippen LogP contribution is -2.60. The minimum atomic E-state index is -1.69. The summed E-state index contributed by atoms with van der Waals surface area (Å²) in [5, 5.41) is 67.6. The molecule has 2 aromatic rings. The Morgan fingerprint density at radius 2 is 1.26 bits per heavy atom. The predicted molar refractivity (Wildman–Crippen MR) is 243 cm³/mol. The fourth-order valence-electron chi connectivity index (χ4n) is 6.08. The summed E-state index contributed by atoms with van der Waals surface area (Å²) < 4.78 is 0. The van der Waals surface area contributed by atoms with Gasteiger partial charge in [-0.3, -0.25) is 43.3 Å². The third-order valence-electron chi connectivity index (χ3n) is 10.1. The molecule has 69 heavy (non-hydrogen) atoms. The number of carbonyl (C=O) groups is 9. The lowest BCUT2D eigenvalue weighted by molar-refractivity contribution is -0.142. The summed E-state index contributed by atoms with van der Waals surface area (Å²) in [4.78, 5) is 128. The largest absolute Gasteiger partial charge is 0.508 e. The van der Waals surface area contributed by atoms with Crippen LogP contribution in [-0.2, 0) is 56.0 Å². The number of nitrogens with two attached hydrogens (primary N) is 3. The number of rotatable bonds is 29. The number of aliphatic imine (C=N–C) groups is 1. The molecule has 0 bridgehead atoms. The second-order valence-corrected chi connectivity index (χ2v) is 16.1. The predicted octanol–water partition coefficient (Wildman–Crippen LogP) is -7.08. The normalized spacial score (nSPS) is 14.9. The van der Waals surface area contributed by atoms with Gasteiger partial charge in [0.2, 0.25) is 47.3 Å². The molecular weight excluding hydrogens is 913 g/mol. The zero-order valence-corrected chi connectivity index (χ0v) is 38.4. The number of aromatic nitrogens is 2. The number of benzene rings is 1. The molecule has 28 nitrogen and oxygen atoms in total. The van der Waals surface area contributed by atoms with E-state index < -0.39 is 133 Å². The van der Waals surface area contributed by atoms with E-state index in [9.17, 15) is 68.7 Å². The van der Waals surface area contributed by atoms with Crippen molar-refractivity contribution in [2.24, 2.45) is 28.1 Å². The summed E-state index contributed by atoms with van der Waals surface area (Å²) in [6, 6.07) is -6.12. The lowest BCUT2D eigenvalue weighted by atomic mass is 10.0. The van der Waals surface area contributed by atoms with Crippen molar-refractivity contribution in [3.63, 3.8) is 0 Å². The number of hydrogen-bond donors (Lipinski definition) is 17. The van der Waals surface area contributed by atoms with E-state index in [1.165, 1.54) is 50.6 Å². The molecule has 2 rings (SSSR count). The number of phenols is 1. The number of phenolic OH excluding ortho intramolecular Hbond substituents is 1. The number of carboxylic acid groups (broad SMARTS) is 1. The second kappa shape index (κ2) is 28.7. The first kappa shape index (κ1) is 57.7. The minimum Gasteiger partial charge on any atom is -0.508 e. The van der Waals surface area contributed by atoms with Crippen LogP contribution in [0.5, 0.6) is 5.75 Å². The Labute approximate surface area is 395 Å². The van der Waals surface area contributed by atoms with Crippen molar-refractivity contribution in [3.8, 4) is 5.75 Å². The first-order valence-corrected chi connectivity index (χ1v) is 21.6. The summed E-state index contributed by atoms with van der Waals surface area (Å²) >= 11 is 0. The number of aliphatic hydroxyl groups is 3. The number of nitrogens with one attached hydrogen (secondary N) is 9. The smallest absolute Gasteiger partial charge is 0.326 e. The van der Waals surface area contributed by atoms with Crippen molar-refractivity contribution in [1.82, 2.24) is 52.5 Å². The fourth-order valence-corrected chi connectivity index (χ4v) is 6.08. The molecular formula is C41H64N14O14. The second-order valence-electron chi connectivity index (χ2n) is 16.1. The molecule has 0 aliphatic carbocycles. The van der Waals surface area contributed by atoms with Gasteiger partial charge in [-0.1, -0.05) is 26.0 Å². The first-order chi connectivity index (χ1) is 32.5. The van der Waals surface area contributed by atoms with Gasteiger partial charge >= 0.3 is 5.97 Å². The van der Waals surface area contributed by atoms with Crippen molar-refractivity contribution in [2.45, 2.75) is 108 Å². The maximum absolute atomic E-state index is 13.5. The maximum atomic E-state index is 13.5. The Bertz CT molecular complexity index is 2080. The van der Waals surface area contributed by atoms with Crippen molar-refractivity contribution in [2.75, 3.05) is 26.3 Å². The highest BCUT2D eigenvalue weighted by molar-refractivity contribution is 5.97. The Morgan fingerprint density at radius 1 is 0.696 bits per heavy atom. The van der Waals surface area contributed by atoms with Gasteiger partial charge < -0.3 is 90.3 Å². The van der Waals surface area contributed by atoms with Crippen LogP contribution in [0.4, 0.5) is 0 Å². The summed E-state index contributed by atoms with van der Waals surface area (Å²) in [6.45, 7) is 3.01. The number of aromatic hydroxyl groups is 1. The van der Waals surface area contributed by atoms with E-state index in [1.54, 1.807) is 13.8 Å². The van der Waals surface area contributed by atoms with Crippen LogP contribution in [0, 0.1) is 5.92 Å². The van der Waals surface area contributed by atoms with Gasteiger partial charge in [0.15, 0.2) is 5.96 Å². The third-order valence-corrected chi connectivity index (χ3v) is 10.1. The van der Waals surface area contributed by atoms with Gasteiger partial charge in [-0.2, -0.15) is 0 Å². The van der Waals surface area contributed by atoms with E-state index in [-0.39, 0.29) is 43.9 Å². The van der Waals surface area contributed by atoms with Crippen LogP contribution in [-0.4, -0.2) is 175 Å². The minimum absolute atomic E-state index is 0.0546. The number of H-pyrrole nitrogens is 1. The molecule has 1 aromatic carbocycles. The first-order valence-electron chi connectivity index (χ1n) is 21.6. The fraction of sp³-hybridized carbons (Fsp3) is 0.537. The number of carboxylic acids is 1. The Hall–Kier alpha value is -7.43. The number of aromatic amines is 1. The van der Waals surface area contributed by atoms with Crippen LogP contribution in [0.3, 0.4) is 0 Å². The molecule has 9 atom stereocenters. The Morgan fingerprint density at radius 3 is 1.81 bits per heavy atom. The molecule has 0 spiro atoms. The van der Waals surface area contributed by atoms with Crippen LogP contribution in [0.15, 0.2) is 41.8 Å². The molecule has 0 saturated heterocycles. The van der Waals surface area contributed by atoms with Gasteiger partial charge in [0, 0.05) is 31.3 Å². The lowest BCUT2D eigenvalue weighted by Gasteiger charge is -2.27. The van der Waals surface area contributed by atoms with Crippen molar-refractivity contribution < 1.29 is 68.7 Å². The van der Waals surface area contributed by atoms with Crippen LogP contribution < -0.4 is 59.7 Å². The van der Waals surface area contributed by atoms with Crippen molar-refractivity contribution in [3.05, 3.63) is 48.0 Å². The van der Waals surface area contributed by atoms with Crippen molar-refractivity contribution in [1.29, 1.82) is 0 Å². The summed E-state index contributed by atoms with van der Waals surface area (Å²) in [7, 11) is 0. The van der Waals surface area contributed by atoms with Gasteiger partial charge in [0.05, 0.1) is 32.2 Å². The van der Waals surface area contributed by atoms with E-state index in [4.69, 9.17) is 17.2 Å². The van der Waals surface area contributed by atoms with E-state index in [0.29, 0.717) is 11.3 Å². The molecule has 382 valence electrons. The SMILES string of the molecule is CC(C)[C@H](NC(=O)[C@@H](N)[C@@H](C)O)C(=O)N[C@@H](CCCN=C(N)N)C(=O)N[C@@H](C)C(=O)N[C@@H](CO)C(=O)NCC(=O)N[C@@H](Cc1cnc[nH]1)C(=O)N[C@@H](CO)C(=O)N[C@@H](Cc1ccc(O)cc1)C(=O)O. The summed E-state index contributed by atoms with van der Waals surface area (Å²) in [5.41, 5.74) is 17.2. The van der Waals surface area contributed by atoms with Gasteiger partial charge in [0.1, 0.15) is 54.1 Å². The molecule has 0 unspecified atom stereocenters. The van der Waals surface area contributed by atoms with Gasteiger partial charge in [-0.15, -0.1) is 0 Å². The molecule has 0 aliphatic heterocycles. The molecule has 1 heterocycles. The van der Waals surface area contributed by atoms with Gasteiger partial charge in [0.25, 0.3) is 0 Å². The summed E-state index contributed by atoms with van der Waals surface area (Å²) in [6.07, 6.45) is 1.01. The number of aliphatic carboxylic acids is 1. The highest BCUT2D eigenvalue weighted by atomic mass is 16.4. The van der Waals surface area contributed by atoms with Crippen LogP contribution in [0.2, 0.25) is 0 Å². The van der Waals surface area contributed by atoms with Crippen LogP contribution in [0.25, 0.3) is 0 Å². The zero-order chi connectivity index (χ0) is 52.0. The molecule has 0 aliphatic rings. The molecule has 0 radical (unpaired) electrons. The highest BCUT2D eigenvalue weighted by Gasteiger charge is 2.34. The Balaban J connectivity index is 2.10. The monoisotopic (exact) mass is 976 g/mol. The maximum Gasteiger partial charge on any atom is 0.326 e. The highest BCUT2D eigenvalue weighted by Crippen LogP contribution is 2.12. The van der Waals surface area contributed by atoms with E-state index >= 15 is 0 Å². The van der Waals surface area contributed by atoms with E-state index in [2.05, 4.69) is 57.5 Å². The Kier molecular flexibility index (Phi) is 24.0. The average Bonchev–Trinajstić information content (AvgIpc) is 3.81. The summed E-state index contributed by atoms with van der Waals surface area (Å²) in [5.74, 6) is -9.87. The van der Waals surface area contributed by atoms with Gasteiger partial charge in [-0.05, 0) is 50.3 Å². The topological polar surface area (TPSA) is 470 Å².